The van der Waals surface area contributed by atoms with Crippen molar-refractivity contribution >= 4 is 11.3 Å². The van der Waals surface area contributed by atoms with Crippen LogP contribution in [0.15, 0.2) is 15.4 Å². The molecule has 1 fully saturated rings. The van der Waals surface area contributed by atoms with Gasteiger partial charge in [0.15, 0.2) is 5.82 Å². The molecule has 15 heavy (non-hydrogen) atoms. The summed E-state index contributed by atoms with van der Waals surface area (Å²) in [7, 11) is 0. The summed E-state index contributed by atoms with van der Waals surface area (Å²) >= 11 is 1.50. The minimum Gasteiger partial charge on any atom is -0.332 e. The van der Waals surface area contributed by atoms with Crippen molar-refractivity contribution in [3.8, 4) is 11.6 Å². The summed E-state index contributed by atoms with van der Waals surface area (Å²) in [6.45, 7) is 0. The van der Waals surface area contributed by atoms with E-state index < -0.39 is 0 Å². The minimum absolute atomic E-state index is 0.363. The van der Waals surface area contributed by atoms with E-state index in [-0.39, 0.29) is 5.54 Å². The van der Waals surface area contributed by atoms with Gasteiger partial charge in [-0.25, -0.2) is 4.98 Å². The fourth-order valence-corrected chi connectivity index (χ4v) is 2.16. The van der Waals surface area contributed by atoms with E-state index in [4.69, 9.17) is 10.3 Å². The van der Waals surface area contributed by atoms with E-state index in [1.807, 2.05) is 5.38 Å². The van der Waals surface area contributed by atoms with E-state index in [0.29, 0.717) is 11.7 Å². The average Bonchev–Trinajstić information content (AvgIpc) is 2.84. The van der Waals surface area contributed by atoms with Crippen LogP contribution in [0.5, 0.6) is 0 Å². The zero-order valence-electron chi connectivity index (χ0n) is 8.01. The van der Waals surface area contributed by atoms with Gasteiger partial charge in [0.25, 0.3) is 5.89 Å². The molecule has 5 nitrogen and oxygen atoms in total. The number of nitrogens with two attached hydrogens (primary N) is 1. The van der Waals surface area contributed by atoms with Crippen LogP contribution in [0.4, 0.5) is 0 Å². The highest BCUT2D eigenvalue weighted by Gasteiger charge is 2.39. The first kappa shape index (κ1) is 8.99. The van der Waals surface area contributed by atoms with E-state index in [9.17, 15) is 0 Å². The molecule has 0 atom stereocenters. The molecule has 1 saturated carbocycles. The van der Waals surface area contributed by atoms with Gasteiger partial charge in [0.05, 0.1) is 11.0 Å². The Balaban J connectivity index is 1.94. The molecule has 2 N–H and O–H groups in total. The highest BCUT2D eigenvalue weighted by molar-refractivity contribution is 7.07. The molecule has 2 aromatic rings. The number of nitrogens with zero attached hydrogens (tertiary/aromatic N) is 3. The summed E-state index contributed by atoms with van der Waals surface area (Å²) in [5.41, 5.74) is 8.19. The Hall–Kier alpha value is -1.27. The summed E-state index contributed by atoms with van der Waals surface area (Å²) in [6, 6.07) is 0. The minimum atomic E-state index is -0.363. The topological polar surface area (TPSA) is 77.8 Å². The van der Waals surface area contributed by atoms with Crippen LogP contribution in [0.25, 0.3) is 11.6 Å². The van der Waals surface area contributed by atoms with Crippen molar-refractivity contribution in [2.75, 3.05) is 0 Å². The lowest BCUT2D eigenvalue weighted by Crippen LogP contribution is -2.44. The third-order valence-electron chi connectivity index (χ3n) is 2.77. The molecule has 78 valence electrons. The van der Waals surface area contributed by atoms with E-state index in [0.717, 1.165) is 25.0 Å². The highest BCUT2D eigenvalue weighted by atomic mass is 32.1. The molecule has 1 aliphatic rings. The van der Waals surface area contributed by atoms with E-state index in [1.54, 1.807) is 5.51 Å². The molecule has 0 spiro atoms. The predicted octanol–water partition coefficient (Wildman–Crippen LogP) is 1.53. The maximum absolute atomic E-state index is 6.09. The lowest BCUT2D eigenvalue weighted by molar-refractivity contribution is 0.229. The number of rotatable bonds is 2. The maximum Gasteiger partial charge on any atom is 0.277 e. The van der Waals surface area contributed by atoms with Crippen LogP contribution < -0.4 is 5.73 Å². The molecule has 0 unspecified atom stereocenters. The molecule has 0 amide bonds. The summed E-state index contributed by atoms with van der Waals surface area (Å²) in [4.78, 5) is 8.40. The quantitative estimate of drug-likeness (QED) is 0.833. The Morgan fingerprint density at radius 1 is 1.47 bits per heavy atom. The van der Waals surface area contributed by atoms with Crippen molar-refractivity contribution in [3.63, 3.8) is 0 Å². The highest BCUT2D eigenvalue weighted by Crippen LogP contribution is 2.37. The molecule has 0 aliphatic heterocycles. The van der Waals surface area contributed by atoms with Crippen LogP contribution in [0.1, 0.15) is 25.1 Å². The molecular formula is C9H10N4OS. The van der Waals surface area contributed by atoms with Crippen LogP contribution in [0, 0.1) is 0 Å². The Morgan fingerprint density at radius 3 is 2.93 bits per heavy atom. The van der Waals surface area contributed by atoms with Crippen molar-refractivity contribution in [3.05, 3.63) is 16.7 Å². The average molecular weight is 222 g/mol. The first-order valence-electron chi connectivity index (χ1n) is 4.80. The standard InChI is InChI=1S/C9H10N4OS/c10-9(2-1-3-9)8-12-7(14-13-8)6-4-15-5-11-6/h4-5H,1-3,10H2. The van der Waals surface area contributed by atoms with Gasteiger partial charge in [-0.15, -0.1) is 11.3 Å². The fraction of sp³-hybridized carbons (Fsp3) is 0.444. The lowest BCUT2D eigenvalue weighted by Gasteiger charge is -2.34. The smallest absolute Gasteiger partial charge is 0.277 e. The van der Waals surface area contributed by atoms with Crippen LogP contribution in [-0.4, -0.2) is 15.1 Å². The van der Waals surface area contributed by atoms with E-state index in [1.165, 1.54) is 11.3 Å². The molecule has 6 heteroatoms. The van der Waals surface area contributed by atoms with Crippen LogP contribution in [-0.2, 0) is 5.54 Å². The predicted molar refractivity (Wildman–Crippen MR) is 55.1 cm³/mol. The van der Waals surface area contributed by atoms with Crippen molar-refractivity contribution in [1.82, 2.24) is 15.1 Å². The maximum atomic E-state index is 6.09. The third-order valence-corrected chi connectivity index (χ3v) is 3.36. The molecule has 2 heterocycles. The Kier molecular flexibility index (Phi) is 1.86. The second-order valence-corrected chi connectivity index (χ2v) is 4.53. The Bertz CT molecular complexity index is 460. The van der Waals surface area contributed by atoms with Gasteiger partial charge in [0.2, 0.25) is 0 Å². The molecule has 0 bridgehead atoms. The Morgan fingerprint density at radius 2 is 2.33 bits per heavy atom. The van der Waals surface area contributed by atoms with Crippen molar-refractivity contribution in [2.45, 2.75) is 24.8 Å². The molecule has 1 aliphatic carbocycles. The molecular weight excluding hydrogens is 212 g/mol. The van der Waals surface area contributed by atoms with Crippen LogP contribution >= 0.6 is 11.3 Å². The van der Waals surface area contributed by atoms with Crippen molar-refractivity contribution in [2.24, 2.45) is 5.73 Å². The van der Waals surface area contributed by atoms with Crippen molar-refractivity contribution in [1.29, 1.82) is 0 Å². The molecule has 2 aromatic heterocycles. The number of hydrogen-bond acceptors (Lipinski definition) is 6. The van der Waals surface area contributed by atoms with Gasteiger partial charge >= 0.3 is 0 Å². The van der Waals surface area contributed by atoms with Gasteiger partial charge in [-0.1, -0.05) is 5.16 Å². The van der Waals surface area contributed by atoms with Crippen LogP contribution in [0.2, 0.25) is 0 Å². The van der Waals surface area contributed by atoms with E-state index >= 15 is 0 Å². The van der Waals surface area contributed by atoms with Gasteiger partial charge in [0, 0.05) is 5.38 Å². The zero-order chi connectivity index (χ0) is 10.3. The van der Waals surface area contributed by atoms with Crippen molar-refractivity contribution < 1.29 is 4.52 Å². The molecule has 3 rings (SSSR count). The summed E-state index contributed by atoms with van der Waals surface area (Å²) < 4.78 is 5.13. The largest absolute Gasteiger partial charge is 0.332 e. The van der Waals surface area contributed by atoms with Gasteiger partial charge in [-0.3, -0.25) is 0 Å². The number of hydrogen-bond donors (Lipinski definition) is 1. The lowest BCUT2D eigenvalue weighted by atomic mass is 9.77. The molecule has 0 saturated heterocycles. The Labute approximate surface area is 90.3 Å². The van der Waals surface area contributed by atoms with Gasteiger partial charge in [0.1, 0.15) is 5.69 Å². The second-order valence-electron chi connectivity index (χ2n) is 3.81. The number of thiazole rings is 1. The summed E-state index contributed by atoms with van der Waals surface area (Å²) in [5, 5.41) is 5.80. The normalized spacial score (nSPS) is 18.7. The monoisotopic (exact) mass is 222 g/mol. The van der Waals surface area contributed by atoms with Gasteiger partial charge in [-0.2, -0.15) is 4.98 Å². The third kappa shape index (κ3) is 1.37. The van der Waals surface area contributed by atoms with E-state index in [2.05, 4.69) is 15.1 Å². The first-order chi connectivity index (χ1) is 7.28. The van der Waals surface area contributed by atoms with Gasteiger partial charge < -0.3 is 10.3 Å². The van der Waals surface area contributed by atoms with Crippen LogP contribution in [0.3, 0.4) is 0 Å². The SMILES string of the molecule is NC1(c2noc(-c3cscn3)n2)CCC1. The van der Waals surface area contributed by atoms with Gasteiger partial charge in [-0.05, 0) is 19.3 Å². The fourth-order valence-electron chi connectivity index (χ4n) is 1.63. The number of aromatic nitrogens is 3. The first-order valence-corrected chi connectivity index (χ1v) is 5.74. The summed E-state index contributed by atoms with van der Waals surface area (Å²) in [6.07, 6.45) is 3.00. The zero-order valence-corrected chi connectivity index (χ0v) is 8.83. The molecule has 0 aromatic carbocycles. The molecule has 0 radical (unpaired) electrons. The summed E-state index contributed by atoms with van der Waals surface area (Å²) in [5.74, 6) is 1.07. The second kappa shape index (κ2) is 3.11.